The van der Waals surface area contributed by atoms with Gasteiger partial charge in [-0.25, -0.2) is 0 Å². The second-order valence-corrected chi connectivity index (χ2v) is 2.55. The summed E-state index contributed by atoms with van der Waals surface area (Å²) in [4.78, 5) is 0. The summed E-state index contributed by atoms with van der Waals surface area (Å²) in [6.45, 7) is 0. The summed E-state index contributed by atoms with van der Waals surface area (Å²) in [5, 5.41) is 0. The first-order valence-electron chi connectivity index (χ1n) is 2.06. The Kier molecular flexibility index (Phi) is 1.10. The zero-order valence-electron chi connectivity index (χ0n) is 3.52. The van der Waals surface area contributed by atoms with E-state index in [9.17, 15) is 0 Å². The molecule has 0 saturated heterocycles. The van der Waals surface area contributed by atoms with Gasteiger partial charge >= 0.3 is 0 Å². The molecule has 0 saturated carbocycles. The highest BCUT2D eigenvalue weighted by atomic mass is 28.2. The minimum atomic E-state index is 0.0606. The highest BCUT2D eigenvalue weighted by Gasteiger charge is 1.70. The maximum absolute atomic E-state index is 3.01. The Bertz CT molecular complexity index is 116. The largest absolute Gasteiger partial charge is 0.130 e. The lowest BCUT2D eigenvalue weighted by atomic mass is 10.6. The molecule has 0 fully saturated rings. The maximum Gasteiger partial charge on any atom is 0.0789 e. The normalized spacial score (nSPS) is 20.0. The first kappa shape index (κ1) is 3.66. The van der Waals surface area contributed by atoms with Crippen LogP contribution in [0.15, 0.2) is 29.3 Å². The highest BCUT2D eigenvalue weighted by molar-refractivity contribution is 6.48. The van der Waals surface area contributed by atoms with Gasteiger partial charge in [0.15, 0.2) is 0 Å². The summed E-state index contributed by atoms with van der Waals surface area (Å²) >= 11 is 0. The Hall–Kier alpha value is -0.523. The molecule has 0 radical (unpaired) electrons. The van der Waals surface area contributed by atoms with Gasteiger partial charge in [0.2, 0.25) is 0 Å². The van der Waals surface area contributed by atoms with Gasteiger partial charge in [-0.3, -0.25) is 0 Å². The Morgan fingerprint density at radius 3 is 2.67 bits per heavy atom. The predicted molar refractivity (Wildman–Crippen MR) is 30.3 cm³/mol. The van der Waals surface area contributed by atoms with Crippen molar-refractivity contribution in [2.75, 3.05) is 0 Å². The lowest BCUT2D eigenvalue weighted by Crippen LogP contribution is -1.75. The zero-order chi connectivity index (χ0) is 4.24. The molecular weight excluding hydrogens is 88.1 g/mol. The van der Waals surface area contributed by atoms with Crippen molar-refractivity contribution < 1.29 is 0 Å². The van der Waals surface area contributed by atoms with E-state index >= 15 is 0 Å². The van der Waals surface area contributed by atoms with Crippen LogP contribution in [0, 0.1) is 0 Å². The van der Waals surface area contributed by atoms with E-state index in [-0.39, 0.29) is 9.52 Å². The van der Waals surface area contributed by atoms with Crippen molar-refractivity contribution in [2.24, 2.45) is 0 Å². The van der Waals surface area contributed by atoms with Crippen LogP contribution in [-0.4, -0.2) is 9.52 Å². The van der Waals surface area contributed by atoms with Crippen molar-refractivity contribution in [1.29, 1.82) is 0 Å². The van der Waals surface area contributed by atoms with Crippen molar-refractivity contribution >= 4 is 9.52 Å². The van der Waals surface area contributed by atoms with Crippen LogP contribution in [0.2, 0.25) is 0 Å². The van der Waals surface area contributed by atoms with Gasteiger partial charge in [0, 0.05) is 0 Å². The van der Waals surface area contributed by atoms with Gasteiger partial charge in [-0.2, -0.15) is 0 Å². The van der Waals surface area contributed by atoms with Crippen LogP contribution < -0.4 is 0 Å². The van der Waals surface area contributed by atoms with E-state index in [0.29, 0.717) is 0 Å². The molecule has 0 spiro atoms. The van der Waals surface area contributed by atoms with E-state index in [0.717, 1.165) is 0 Å². The maximum atomic E-state index is 3.01. The molecule has 30 valence electrons. The van der Waals surface area contributed by atoms with Crippen LogP contribution in [0.5, 0.6) is 0 Å². The summed E-state index contributed by atoms with van der Waals surface area (Å²) in [7, 11) is 0.0606. The third-order valence-electron chi connectivity index (χ3n) is 0.700. The first-order valence-corrected chi connectivity index (χ1v) is 3.69. The minimum absolute atomic E-state index is 0.0606. The Morgan fingerprint density at radius 1 is 1.50 bits per heavy atom. The number of allylic oxidation sites excluding steroid dienone is 2. The fraction of sp³-hybridized carbons (Fsp3) is 0. The van der Waals surface area contributed by atoms with Gasteiger partial charge in [0.05, 0.1) is 9.52 Å². The Balaban J connectivity index is 2.78. The smallest absolute Gasteiger partial charge is 0.0789 e. The Labute approximate surface area is 39.7 Å². The van der Waals surface area contributed by atoms with E-state index in [4.69, 9.17) is 0 Å². The molecule has 0 nitrogen and oxygen atoms in total. The molecule has 1 aliphatic heterocycles. The van der Waals surface area contributed by atoms with Crippen molar-refractivity contribution in [1.82, 2.24) is 0 Å². The summed E-state index contributed by atoms with van der Waals surface area (Å²) in [6, 6.07) is 0. The SMILES string of the molecule is C1=CC=C[SiH2]C=1. The molecule has 0 bridgehead atoms. The fourth-order valence-electron chi connectivity index (χ4n) is 0.406. The van der Waals surface area contributed by atoms with Crippen LogP contribution in [0.25, 0.3) is 0 Å². The molecule has 0 aromatic rings. The van der Waals surface area contributed by atoms with Crippen LogP contribution >= 0.6 is 0 Å². The lowest BCUT2D eigenvalue weighted by molar-refractivity contribution is 2.01. The highest BCUT2D eigenvalue weighted by Crippen LogP contribution is 1.78. The van der Waals surface area contributed by atoms with E-state index < -0.39 is 0 Å². The molecule has 6 heavy (non-hydrogen) atoms. The van der Waals surface area contributed by atoms with Gasteiger partial charge in [0.25, 0.3) is 0 Å². The number of hydrogen-bond acceptors (Lipinski definition) is 0. The fourth-order valence-corrected chi connectivity index (χ4v) is 1.11. The summed E-state index contributed by atoms with van der Waals surface area (Å²) < 4.78 is 0. The van der Waals surface area contributed by atoms with E-state index in [1.807, 2.05) is 6.08 Å². The molecule has 0 aliphatic carbocycles. The molecule has 0 unspecified atom stereocenters. The van der Waals surface area contributed by atoms with Crippen molar-refractivity contribution in [3.8, 4) is 0 Å². The molecule has 0 aromatic heterocycles. The predicted octanol–water partition coefficient (Wildman–Crippen LogP) is 0.351. The van der Waals surface area contributed by atoms with E-state index in [2.05, 4.69) is 23.2 Å². The number of hydrogen-bond donors (Lipinski definition) is 0. The molecule has 1 heterocycles. The zero-order valence-corrected chi connectivity index (χ0v) is 4.93. The van der Waals surface area contributed by atoms with Crippen LogP contribution in [0.1, 0.15) is 0 Å². The number of rotatable bonds is 0. The van der Waals surface area contributed by atoms with Gasteiger partial charge < -0.3 is 0 Å². The average Bonchev–Trinajstić information content (AvgIpc) is 1.72. The standard InChI is InChI=1S/C5H6Si/c1-2-4-6-5-3-1/h1-2,4-5H,6H2. The second-order valence-electron chi connectivity index (χ2n) is 1.20. The molecule has 1 heteroatoms. The molecule has 0 aromatic carbocycles. The Morgan fingerprint density at radius 2 is 2.50 bits per heavy atom. The minimum Gasteiger partial charge on any atom is -0.130 e. The quantitative estimate of drug-likeness (QED) is 0.300. The summed E-state index contributed by atoms with van der Waals surface area (Å²) in [6.07, 6.45) is 4.00. The summed E-state index contributed by atoms with van der Waals surface area (Å²) in [5.74, 6) is 0. The topological polar surface area (TPSA) is 0 Å². The van der Waals surface area contributed by atoms with Crippen LogP contribution in [-0.2, 0) is 0 Å². The third-order valence-corrected chi connectivity index (χ3v) is 1.72. The molecule has 0 N–H and O–H groups in total. The van der Waals surface area contributed by atoms with Crippen molar-refractivity contribution in [3.05, 3.63) is 29.3 Å². The molecular formula is C5H6Si. The van der Waals surface area contributed by atoms with Crippen molar-refractivity contribution in [2.45, 2.75) is 0 Å². The summed E-state index contributed by atoms with van der Waals surface area (Å²) in [5.41, 5.74) is 7.38. The monoisotopic (exact) mass is 94.0 g/mol. The lowest BCUT2D eigenvalue weighted by Gasteiger charge is -1.77. The molecule has 1 aliphatic rings. The first-order chi connectivity index (χ1) is 3.00. The van der Waals surface area contributed by atoms with Gasteiger partial charge in [-0.1, -0.05) is 17.5 Å². The van der Waals surface area contributed by atoms with Crippen LogP contribution in [0.3, 0.4) is 0 Å². The van der Waals surface area contributed by atoms with Gasteiger partial charge in [-0.15, -0.1) is 5.73 Å². The molecule has 1 rings (SSSR count). The van der Waals surface area contributed by atoms with Gasteiger partial charge in [-0.05, 0) is 6.08 Å². The van der Waals surface area contributed by atoms with Crippen LogP contribution in [0.4, 0.5) is 0 Å². The van der Waals surface area contributed by atoms with Crippen molar-refractivity contribution in [3.63, 3.8) is 0 Å². The third kappa shape index (κ3) is 0.711. The average molecular weight is 94.2 g/mol. The molecule has 0 atom stereocenters. The van der Waals surface area contributed by atoms with E-state index in [1.54, 1.807) is 0 Å². The second kappa shape index (κ2) is 1.80. The van der Waals surface area contributed by atoms with Gasteiger partial charge in [0.1, 0.15) is 0 Å². The van der Waals surface area contributed by atoms with E-state index in [1.165, 1.54) is 0 Å². The molecule has 0 amide bonds.